The van der Waals surface area contributed by atoms with Gasteiger partial charge in [-0.2, -0.15) is 11.3 Å². The highest BCUT2D eigenvalue weighted by molar-refractivity contribution is 7.07. The zero-order valence-electron chi connectivity index (χ0n) is 16.6. The normalized spacial score (nSPS) is 18.8. The first-order valence-electron chi connectivity index (χ1n) is 9.91. The van der Waals surface area contributed by atoms with Gasteiger partial charge >= 0.3 is 0 Å². The van der Waals surface area contributed by atoms with Gasteiger partial charge in [0.25, 0.3) is 0 Å². The van der Waals surface area contributed by atoms with Crippen LogP contribution in [-0.4, -0.2) is 59.3 Å². The number of hydrogen-bond donors (Lipinski definition) is 2. The fraction of sp³-hybridized carbons (Fsp3) is 0.455. The Bertz CT molecular complexity index is 906. The van der Waals surface area contributed by atoms with Crippen molar-refractivity contribution in [1.29, 1.82) is 0 Å². The molecule has 6 heteroatoms. The number of nitrogens with zero attached hydrogens (tertiary/aromatic N) is 2. The van der Waals surface area contributed by atoms with Crippen LogP contribution < -0.4 is 4.74 Å². The standard InChI is InChI=1S/C22H29N3O2S/c1-16-20-11-19(27-2)3-4-21(20)23-22(16)14-24-7-8-25(18(13-24)5-9-26)12-17-6-10-28-15-17/h3-4,6,10-11,15,18,23,26H,5,7-9,12-14H2,1-2H3/t18-/m0/s1. The molecule has 0 spiro atoms. The fourth-order valence-corrected chi connectivity index (χ4v) is 4.88. The predicted octanol–water partition coefficient (Wildman–Crippen LogP) is 3.62. The van der Waals surface area contributed by atoms with Crippen LogP contribution in [0.4, 0.5) is 0 Å². The number of H-pyrrole nitrogens is 1. The van der Waals surface area contributed by atoms with Crippen LogP contribution in [-0.2, 0) is 13.1 Å². The SMILES string of the molecule is COc1ccc2[nH]c(CN3CCN(Cc4ccsc4)[C@@H](CCO)C3)c(C)c2c1. The Morgan fingerprint density at radius 1 is 1.25 bits per heavy atom. The van der Waals surface area contributed by atoms with E-state index in [2.05, 4.69) is 50.7 Å². The lowest BCUT2D eigenvalue weighted by molar-refractivity contribution is 0.0495. The molecule has 28 heavy (non-hydrogen) atoms. The highest BCUT2D eigenvalue weighted by Crippen LogP contribution is 2.27. The van der Waals surface area contributed by atoms with Crippen molar-refractivity contribution in [1.82, 2.24) is 14.8 Å². The van der Waals surface area contributed by atoms with Crippen molar-refractivity contribution in [3.63, 3.8) is 0 Å². The van der Waals surface area contributed by atoms with E-state index in [1.807, 2.05) is 6.07 Å². The summed E-state index contributed by atoms with van der Waals surface area (Å²) < 4.78 is 5.38. The van der Waals surface area contributed by atoms with Crippen molar-refractivity contribution in [3.8, 4) is 5.75 Å². The number of nitrogens with one attached hydrogen (secondary N) is 1. The molecule has 2 N–H and O–H groups in total. The summed E-state index contributed by atoms with van der Waals surface area (Å²) in [6.07, 6.45) is 0.823. The quantitative estimate of drug-likeness (QED) is 0.637. The molecule has 1 fully saturated rings. The summed E-state index contributed by atoms with van der Waals surface area (Å²) in [6.45, 7) is 7.39. The monoisotopic (exact) mass is 399 g/mol. The van der Waals surface area contributed by atoms with E-state index in [-0.39, 0.29) is 6.61 Å². The van der Waals surface area contributed by atoms with E-state index in [0.717, 1.165) is 50.4 Å². The Morgan fingerprint density at radius 2 is 2.14 bits per heavy atom. The second-order valence-corrected chi connectivity index (χ2v) is 8.42. The molecule has 0 unspecified atom stereocenters. The minimum absolute atomic E-state index is 0.240. The number of aryl methyl sites for hydroxylation is 1. The molecule has 5 nitrogen and oxygen atoms in total. The molecule has 2 aromatic heterocycles. The van der Waals surface area contributed by atoms with Crippen molar-refractivity contribution in [2.75, 3.05) is 33.4 Å². The summed E-state index contributed by atoms with van der Waals surface area (Å²) in [5.74, 6) is 0.895. The second-order valence-electron chi connectivity index (χ2n) is 7.64. The summed E-state index contributed by atoms with van der Waals surface area (Å²) in [7, 11) is 1.71. The average Bonchev–Trinajstić information content (AvgIpc) is 3.32. The first-order chi connectivity index (χ1) is 13.7. The number of methoxy groups -OCH3 is 1. The molecule has 150 valence electrons. The van der Waals surface area contributed by atoms with Gasteiger partial charge in [-0.15, -0.1) is 0 Å². The molecular formula is C22H29N3O2S. The van der Waals surface area contributed by atoms with E-state index < -0.39 is 0 Å². The number of aliphatic hydroxyl groups excluding tert-OH is 1. The highest BCUT2D eigenvalue weighted by atomic mass is 32.1. The van der Waals surface area contributed by atoms with Crippen LogP contribution >= 0.6 is 11.3 Å². The maximum atomic E-state index is 9.57. The topological polar surface area (TPSA) is 51.7 Å². The van der Waals surface area contributed by atoms with Crippen LogP contribution in [0, 0.1) is 6.92 Å². The van der Waals surface area contributed by atoms with E-state index in [1.54, 1.807) is 18.4 Å². The zero-order chi connectivity index (χ0) is 19.5. The third-order valence-electron chi connectivity index (χ3n) is 5.87. The molecule has 1 aliphatic heterocycles. The smallest absolute Gasteiger partial charge is 0.119 e. The number of benzene rings is 1. The Morgan fingerprint density at radius 3 is 2.89 bits per heavy atom. The first kappa shape index (κ1) is 19.5. The molecule has 3 heterocycles. The van der Waals surface area contributed by atoms with Gasteiger partial charge in [-0.1, -0.05) is 0 Å². The minimum Gasteiger partial charge on any atom is -0.497 e. The summed E-state index contributed by atoms with van der Waals surface area (Å²) in [5.41, 5.74) is 5.11. The van der Waals surface area contributed by atoms with Gasteiger partial charge in [-0.05, 0) is 59.5 Å². The van der Waals surface area contributed by atoms with Crippen molar-refractivity contribution in [3.05, 3.63) is 51.8 Å². The summed E-state index contributed by atoms with van der Waals surface area (Å²) in [5, 5.41) is 15.2. The zero-order valence-corrected chi connectivity index (χ0v) is 17.5. The summed E-state index contributed by atoms with van der Waals surface area (Å²) in [6, 6.07) is 8.80. The minimum atomic E-state index is 0.240. The van der Waals surface area contributed by atoms with Gasteiger partial charge < -0.3 is 14.8 Å². The summed E-state index contributed by atoms with van der Waals surface area (Å²) in [4.78, 5) is 8.64. The Hall–Kier alpha value is -1.86. The molecule has 1 aliphatic rings. The molecule has 0 bridgehead atoms. The highest BCUT2D eigenvalue weighted by Gasteiger charge is 2.27. The van der Waals surface area contributed by atoms with Crippen molar-refractivity contribution < 1.29 is 9.84 Å². The van der Waals surface area contributed by atoms with Gasteiger partial charge in [0.05, 0.1) is 7.11 Å². The van der Waals surface area contributed by atoms with E-state index in [0.29, 0.717) is 6.04 Å². The molecule has 0 amide bonds. The van der Waals surface area contributed by atoms with Crippen LogP contribution in [0.3, 0.4) is 0 Å². The Balaban J connectivity index is 1.46. The lowest BCUT2D eigenvalue weighted by Crippen LogP contribution is -2.52. The van der Waals surface area contributed by atoms with E-state index >= 15 is 0 Å². The Labute approximate surface area is 170 Å². The van der Waals surface area contributed by atoms with Gasteiger partial charge in [0, 0.05) is 62.0 Å². The largest absolute Gasteiger partial charge is 0.497 e. The Kier molecular flexibility index (Phi) is 6.01. The van der Waals surface area contributed by atoms with Gasteiger partial charge in [-0.25, -0.2) is 0 Å². The molecule has 1 saturated heterocycles. The molecule has 1 aromatic carbocycles. The van der Waals surface area contributed by atoms with Gasteiger partial charge in [0.2, 0.25) is 0 Å². The fourth-order valence-electron chi connectivity index (χ4n) is 4.22. The third-order valence-corrected chi connectivity index (χ3v) is 6.60. The number of rotatable bonds is 7. The number of piperazine rings is 1. The van der Waals surface area contributed by atoms with Gasteiger partial charge in [0.15, 0.2) is 0 Å². The van der Waals surface area contributed by atoms with Crippen molar-refractivity contribution in [2.45, 2.75) is 32.5 Å². The number of fused-ring (bicyclic) bond motifs is 1. The number of aromatic nitrogens is 1. The summed E-state index contributed by atoms with van der Waals surface area (Å²) >= 11 is 1.75. The van der Waals surface area contributed by atoms with Gasteiger partial charge in [0.1, 0.15) is 5.75 Å². The molecule has 0 radical (unpaired) electrons. The number of aliphatic hydroxyl groups is 1. The van der Waals surface area contributed by atoms with Crippen molar-refractivity contribution >= 4 is 22.2 Å². The second kappa shape index (κ2) is 8.66. The molecular weight excluding hydrogens is 370 g/mol. The van der Waals surface area contributed by atoms with Crippen LogP contribution in [0.2, 0.25) is 0 Å². The van der Waals surface area contributed by atoms with Crippen LogP contribution in [0.15, 0.2) is 35.0 Å². The number of hydrogen-bond acceptors (Lipinski definition) is 5. The van der Waals surface area contributed by atoms with E-state index in [4.69, 9.17) is 4.74 Å². The van der Waals surface area contributed by atoms with E-state index in [9.17, 15) is 5.11 Å². The lowest BCUT2D eigenvalue weighted by Gasteiger charge is -2.41. The van der Waals surface area contributed by atoms with Crippen molar-refractivity contribution in [2.24, 2.45) is 0 Å². The maximum absolute atomic E-state index is 9.57. The number of ether oxygens (including phenoxy) is 1. The van der Waals surface area contributed by atoms with Gasteiger partial charge in [-0.3, -0.25) is 9.80 Å². The number of aromatic amines is 1. The predicted molar refractivity (Wildman–Crippen MR) is 115 cm³/mol. The maximum Gasteiger partial charge on any atom is 0.119 e. The van der Waals surface area contributed by atoms with Crippen LogP contribution in [0.25, 0.3) is 10.9 Å². The molecule has 4 rings (SSSR count). The number of thiophene rings is 1. The first-order valence-corrected chi connectivity index (χ1v) is 10.9. The third kappa shape index (κ3) is 4.10. The molecule has 0 aliphatic carbocycles. The van der Waals surface area contributed by atoms with Crippen LogP contribution in [0.1, 0.15) is 23.2 Å². The van der Waals surface area contributed by atoms with Crippen LogP contribution in [0.5, 0.6) is 5.75 Å². The molecule has 1 atom stereocenters. The molecule has 3 aromatic rings. The molecule has 0 saturated carbocycles. The lowest BCUT2D eigenvalue weighted by atomic mass is 10.1. The van der Waals surface area contributed by atoms with E-state index in [1.165, 1.54) is 22.2 Å². The average molecular weight is 400 g/mol.